The van der Waals surface area contributed by atoms with Crippen LogP contribution in [0.25, 0.3) is 6.08 Å². The van der Waals surface area contributed by atoms with Crippen LogP contribution in [0.1, 0.15) is 41.0 Å². The van der Waals surface area contributed by atoms with Gasteiger partial charge in [0.25, 0.3) is 0 Å². The molecule has 0 spiro atoms. The number of amides is 1. The van der Waals surface area contributed by atoms with Crippen molar-refractivity contribution in [3.05, 3.63) is 82.9 Å². The monoisotopic (exact) mass is 525 g/mol. The Morgan fingerprint density at radius 1 is 1.27 bits per heavy atom. The molecule has 9 nitrogen and oxygen atoms in total. The molecule has 0 bridgehead atoms. The maximum absolute atomic E-state index is 12.8. The molecule has 0 aromatic carbocycles. The van der Waals surface area contributed by atoms with Crippen LogP contribution in [0.15, 0.2) is 60.0 Å². The zero-order chi connectivity index (χ0) is 26.5. The number of anilines is 1. The molecule has 4 rings (SSSR count). The summed E-state index contributed by atoms with van der Waals surface area (Å²) in [5.41, 5.74) is 8.65. The van der Waals surface area contributed by atoms with Gasteiger partial charge >= 0.3 is 0 Å². The van der Waals surface area contributed by atoms with Crippen molar-refractivity contribution < 1.29 is 14.0 Å². The number of pyridine rings is 1. The molecule has 3 aromatic rings. The lowest BCUT2D eigenvalue weighted by atomic mass is 10.1. The first-order valence-corrected chi connectivity index (χ1v) is 12.9. The zero-order valence-corrected chi connectivity index (χ0v) is 21.6. The second-order valence-electron chi connectivity index (χ2n) is 8.29. The minimum atomic E-state index is -0.507. The molecule has 0 saturated carbocycles. The third-order valence-electron chi connectivity index (χ3n) is 5.54. The van der Waals surface area contributed by atoms with Crippen LogP contribution in [0.4, 0.5) is 9.52 Å². The van der Waals surface area contributed by atoms with E-state index in [-0.39, 0.29) is 12.5 Å². The van der Waals surface area contributed by atoms with Gasteiger partial charge in [-0.05, 0) is 61.2 Å². The predicted octanol–water partition coefficient (Wildman–Crippen LogP) is 3.48. The number of nitrogens with one attached hydrogen (secondary N) is 2. The molecule has 1 saturated heterocycles. The van der Waals surface area contributed by atoms with Crippen LogP contribution in [0.5, 0.6) is 0 Å². The van der Waals surface area contributed by atoms with Crippen molar-refractivity contribution in [3.8, 4) is 0 Å². The number of hydrogen-bond acceptors (Lipinski definition) is 8. The topological polar surface area (TPSA) is 118 Å². The number of allylic oxidation sites excluding steroid dienone is 1. The highest BCUT2D eigenvalue weighted by molar-refractivity contribution is 7.13. The lowest BCUT2D eigenvalue weighted by molar-refractivity contribution is -0.130. The van der Waals surface area contributed by atoms with Crippen molar-refractivity contribution in [1.29, 1.82) is 0 Å². The highest BCUT2D eigenvalue weighted by Gasteiger charge is 2.15. The molecule has 1 amide bonds. The largest absolute Gasteiger partial charge is 0.398 e. The fourth-order valence-corrected chi connectivity index (χ4v) is 4.27. The number of carbonyl (C=O) groups is 2. The van der Waals surface area contributed by atoms with Gasteiger partial charge in [0.05, 0.1) is 17.9 Å². The number of piperidine rings is 1. The fraction of sp³-hybridized carbons (Fsp3) is 0.308. The first-order valence-electron chi connectivity index (χ1n) is 12.0. The summed E-state index contributed by atoms with van der Waals surface area (Å²) >= 11 is 1.54. The number of rotatable bonds is 9. The summed E-state index contributed by atoms with van der Waals surface area (Å²) in [6.45, 7) is 2.50. The maximum atomic E-state index is 12.8. The second-order valence-corrected chi connectivity index (χ2v) is 9.15. The number of carbonyl (C=O) groups excluding carboxylic acids is 2. The Hall–Kier alpha value is -3.99. The first kappa shape index (κ1) is 27.6. The van der Waals surface area contributed by atoms with E-state index in [1.54, 1.807) is 41.2 Å². The molecule has 0 aliphatic carbocycles. The quantitative estimate of drug-likeness (QED) is 0.222. The van der Waals surface area contributed by atoms with Crippen molar-refractivity contribution in [3.63, 3.8) is 0 Å². The Kier molecular flexibility index (Phi) is 10.8. The summed E-state index contributed by atoms with van der Waals surface area (Å²) in [7, 11) is 1.84. The van der Waals surface area contributed by atoms with Crippen LogP contribution in [0.2, 0.25) is 0 Å². The van der Waals surface area contributed by atoms with E-state index in [2.05, 4.69) is 20.6 Å². The van der Waals surface area contributed by atoms with Gasteiger partial charge in [-0.1, -0.05) is 0 Å². The van der Waals surface area contributed by atoms with Crippen molar-refractivity contribution >= 4 is 34.7 Å². The predicted molar refractivity (Wildman–Crippen MR) is 145 cm³/mol. The van der Waals surface area contributed by atoms with Crippen LogP contribution in [0.3, 0.4) is 0 Å². The molecule has 4 heterocycles. The number of thiazole rings is 1. The number of aldehydes is 1. The van der Waals surface area contributed by atoms with Gasteiger partial charge in [0.2, 0.25) is 11.9 Å². The average Bonchev–Trinajstić information content (AvgIpc) is 3.57. The van der Waals surface area contributed by atoms with E-state index in [4.69, 9.17) is 5.73 Å². The third-order valence-corrected chi connectivity index (χ3v) is 6.42. The van der Waals surface area contributed by atoms with Gasteiger partial charge in [0, 0.05) is 56.4 Å². The molecule has 0 radical (unpaired) electrons. The van der Waals surface area contributed by atoms with Crippen molar-refractivity contribution in [2.75, 3.05) is 32.0 Å². The SMILES string of the molecule is CNc1nc(/C=C/C(N)=C/NCC(=O)N2CCCCC2)cs1.O=Cc1cccn1Cc1ccnc(F)c1. The first-order chi connectivity index (χ1) is 18.0. The van der Waals surface area contributed by atoms with Gasteiger partial charge in [-0.25, -0.2) is 9.97 Å². The smallest absolute Gasteiger partial charge is 0.241 e. The van der Waals surface area contributed by atoms with Gasteiger partial charge in [-0.2, -0.15) is 4.39 Å². The molecule has 196 valence electrons. The van der Waals surface area contributed by atoms with Crippen LogP contribution in [-0.4, -0.2) is 58.3 Å². The Bertz CT molecular complexity index is 1210. The minimum Gasteiger partial charge on any atom is -0.398 e. The number of aromatic nitrogens is 3. The standard InChI is InChI=1S/C15H23N5OS.C11H9FN2O/c1-17-15-19-13(11-22-15)6-5-12(16)9-18-10-14(21)20-7-3-2-4-8-20;12-11-6-9(3-4-13-11)7-14-5-1-2-10(14)8-15/h5-6,9,11,18H,2-4,7-8,10,16H2,1H3,(H,17,19);1-6,8H,7H2/b6-5+,12-9-;. The summed E-state index contributed by atoms with van der Waals surface area (Å²) in [6.07, 6.45) is 12.7. The van der Waals surface area contributed by atoms with Crippen LogP contribution < -0.4 is 16.4 Å². The molecular weight excluding hydrogens is 493 g/mol. The Morgan fingerprint density at radius 2 is 2.08 bits per heavy atom. The highest BCUT2D eigenvalue weighted by atomic mass is 32.1. The van der Waals surface area contributed by atoms with Gasteiger partial charge < -0.3 is 25.8 Å². The summed E-state index contributed by atoms with van der Waals surface area (Å²) in [5, 5.41) is 8.78. The van der Waals surface area contributed by atoms with Crippen molar-refractivity contribution in [2.24, 2.45) is 5.73 Å². The van der Waals surface area contributed by atoms with E-state index in [0.717, 1.165) is 48.6 Å². The average molecular weight is 526 g/mol. The second kappa shape index (κ2) is 14.5. The molecular formula is C26H32FN7O2S. The molecule has 37 heavy (non-hydrogen) atoms. The van der Waals surface area contributed by atoms with E-state index in [1.165, 1.54) is 30.0 Å². The van der Waals surface area contributed by atoms with Crippen LogP contribution in [-0.2, 0) is 11.3 Å². The fourth-order valence-electron chi connectivity index (χ4n) is 3.63. The Balaban J connectivity index is 0.000000220. The molecule has 0 atom stereocenters. The van der Waals surface area contributed by atoms with E-state index in [9.17, 15) is 14.0 Å². The molecule has 4 N–H and O–H groups in total. The Labute approximate surface area is 219 Å². The summed E-state index contributed by atoms with van der Waals surface area (Å²) < 4.78 is 14.5. The number of nitrogens with zero attached hydrogens (tertiary/aromatic N) is 4. The van der Waals surface area contributed by atoms with Gasteiger partial charge in [0.1, 0.15) is 0 Å². The summed E-state index contributed by atoms with van der Waals surface area (Å²) in [6, 6.07) is 6.57. The Morgan fingerprint density at radius 3 is 2.78 bits per heavy atom. The number of likely N-dealkylation sites (tertiary alicyclic amines) is 1. The molecule has 11 heteroatoms. The summed E-state index contributed by atoms with van der Waals surface area (Å²) in [5.74, 6) is -0.377. The van der Waals surface area contributed by atoms with Crippen LogP contribution >= 0.6 is 11.3 Å². The van der Waals surface area contributed by atoms with Gasteiger partial charge in [-0.3, -0.25) is 9.59 Å². The van der Waals surface area contributed by atoms with Gasteiger partial charge in [0.15, 0.2) is 11.4 Å². The highest BCUT2D eigenvalue weighted by Crippen LogP contribution is 2.15. The number of halogens is 1. The summed E-state index contributed by atoms with van der Waals surface area (Å²) in [4.78, 5) is 32.3. The van der Waals surface area contributed by atoms with Crippen LogP contribution in [0, 0.1) is 5.95 Å². The molecule has 3 aromatic heterocycles. The normalized spacial score (nSPS) is 13.7. The van der Waals surface area contributed by atoms with E-state index in [1.807, 2.05) is 23.4 Å². The van der Waals surface area contributed by atoms with Gasteiger partial charge in [-0.15, -0.1) is 11.3 Å². The molecule has 1 aliphatic rings. The molecule has 1 fully saturated rings. The lowest BCUT2D eigenvalue weighted by Crippen LogP contribution is -2.40. The molecule has 1 aliphatic heterocycles. The lowest BCUT2D eigenvalue weighted by Gasteiger charge is -2.26. The number of nitrogens with two attached hydrogens (primary N) is 1. The number of hydrogen-bond donors (Lipinski definition) is 3. The maximum Gasteiger partial charge on any atom is 0.241 e. The molecule has 0 unspecified atom stereocenters. The third kappa shape index (κ3) is 9.19. The minimum absolute atomic E-state index is 0.130. The van der Waals surface area contributed by atoms with E-state index >= 15 is 0 Å². The van der Waals surface area contributed by atoms with Crippen molar-refractivity contribution in [1.82, 2.24) is 24.8 Å². The van der Waals surface area contributed by atoms with E-state index < -0.39 is 5.95 Å². The van der Waals surface area contributed by atoms with Crippen molar-refractivity contribution in [2.45, 2.75) is 25.8 Å². The zero-order valence-electron chi connectivity index (χ0n) is 20.8. The van der Waals surface area contributed by atoms with E-state index in [0.29, 0.717) is 17.9 Å².